The Kier molecular flexibility index (Phi) is 7.36. The van der Waals surface area contributed by atoms with Gasteiger partial charge in [-0.15, -0.1) is 11.3 Å². The van der Waals surface area contributed by atoms with Crippen molar-refractivity contribution in [1.29, 1.82) is 0 Å². The Morgan fingerprint density at radius 2 is 2.00 bits per heavy atom. The summed E-state index contributed by atoms with van der Waals surface area (Å²) in [6.07, 6.45) is 5.05. The molecular formula is C24H27NO4S. The van der Waals surface area contributed by atoms with Crippen LogP contribution in [0, 0.1) is 6.92 Å². The number of nitrogens with zero attached hydrogens (tertiary/aromatic N) is 1. The lowest BCUT2D eigenvalue weighted by Crippen LogP contribution is -2.28. The number of carbonyl (C=O) groups is 1. The summed E-state index contributed by atoms with van der Waals surface area (Å²) < 4.78 is 16.6. The number of methoxy groups -OCH3 is 1. The van der Waals surface area contributed by atoms with Crippen LogP contribution < -0.4 is 9.47 Å². The molecule has 5 nitrogen and oxygen atoms in total. The van der Waals surface area contributed by atoms with E-state index in [4.69, 9.17) is 13.9 Å². The van der Waals surface area contributed by atoms with Crippen LogP contribution in [0.25, 0.3) is 6.08 Å². The van der Waals surface area contributed by atoms with E-state index in [2.05, 4.69) is 19.1 Å². The van der Waals surface area contributed by atoms with Gasteiger partial charge >= 0.3 is 0 Å². The second kappa shape index (κ2) is 10.2. The largest absolute Gasteiger partial charge is 0.493 e. The quantitative estimate of drug-likeness (QED) is 0.414. The number of rotatable bonds is 9. The second-order valence-corrected chi connectivity index (χ2v) is 8.57. The van der Waals surface area contributed by atoms with Crippen LogP contribution in [0.3, 0.4) is 0 Å². The molecule has 0 spiro atoms. The van der Waals surface area contributed by atoms with E-state index in [1.165, 1.54) is 4.88 Å². The van der Waals surface area contributed by atoms with Gasteiger partial charge in [0.15, 0.2) is 11.5 Å². The fourth-order valence-corrected chi connectivity index (χ4v) is 3.88. The Balaban J connectivity index is 1.76. The Bertz CT molecular complexity index is 989. The van der Waals surface area contributed by atoms with Gasteiger partial charge in [0, 0.05) is 15.8 Å². The van der Waals surface area contributed by atoms with Crippen molar-refractivity contribution in [1.82, 2.24) is 4.90 Å². The van der Waals surface area contributed by atoms with E-state index in [1.807, 2.05) is 44.2 Å². The first-order chi connectivity index (χ1) is 14.4. The minimum atomic E-state index is -0.0843. The van der Waals surface area contributed by atoms with E-state index in [1.54, 1.807) is 41.8 Å². The summed E-state index contributed by atoms with van der Waals surface area (Å²) in [7, 11) is 1.61. The number of aryl methyl sites for hydroxylation is 1. The summed E-state index contributed by atoms with van der Waals surface area (Å²) in [5.74, 6) is 1.99. The predicted octanol–water partition coefficient (Wildman–Crippen LogP) is 5.69. The molecule has 3 aromatic rings. The van der Waals surface area contributed by atoms with Crippen LogP contribution in [-0.4, -0.2) is 24.0 Å². The van der Waals surface area contributed by atoms with Gasteiger partial charge in [0.25, 0.3) is 0 Å². The summed E-state index contributed by atoms with van der Waals surface area (Å²) in [4.78, 5) is 17.1. The van der Waals surface area contributed by atoms with Gasteiger partial charge in [-0.25, -0.2) is 0 Å². The molecule has 0 aliphatic heterocycles. The molecule has 158 valence electrons. The van der Waals surface area contributed by atoms with E-state index in [-0.39, 0.29) is 12.0 Å². The standard InChI is InChI=1S/C24H27NO4S/c1-17(2)29-22-11-8-19(14-23(22)27-4)9-12-24(26)25(15-20-6-5-13-28-20)16-21-10-7-18(3)30-21/h5-14,17H,15-16H2,1-4H3/b12-9+. The summed E-state index contributed by atoms with van der Waals surface area (Å²) in [6.45, 7) is 6.94. The first-order valence-electron chi connectivity index (χ1n) is 9.84. The van der Waals surface area contributed by atoms with Crippen molar-refractivity contribution in [2.75, 3.05) is 7.11 Å². The minimum Gasteiger partial charge on any atom is -0.493 e. The number of carbonyl (C=O) groups excluding carboxylic acids is 1. The number of furan rings is 1. The zero-order valence-electron chi connectivity index (χ0n) is 17.8. The number of benzene rings is 1. The molecule has 3 rings (SSSR count). The molecule has 0 saturated heterocycles. The average molecular weight is 426 g/mol. The van der Waals surface area contributed by atoms with Gasteiger partial charge in [-0.1, -0.05) is 6.07 Å². The lowest BCUT2D eigenvalue weighted by Gasteiger charge is -2.19. The van der Waals surface area contributed by atoms with Gasteiger partial charge in [0.1, 0.15) is 5.76 Å². The fraction of sp³-hybridized carbons (Fsp3) is 0.292. The normalized spacial score (nSPS) is 11.2. The zero-order chi connectivity index (χ0) is 21.5. The first-order valence-corrected chi connectivity index (χ1v) is 10.7. The maximum atomic E-state index is 13.0. The second-order valence-electron chi connectivity index (χ2n) is 7.20. The van der Waals surface area contributed by atoms with Crippen molar-refractivity contribution < 1.29 is 18.7 Å². The third kappa shape index (κ3) is 6.00. The Hall–Kier alpha value is -2.99. The van der Waals surface area contributed by atoms with Gasteiger partial charge in [-0.2, -0.15) is 0 Å². The Morgan fingerprint density at radius 1 is 1.17 bits per heavy atom. The van der Waals surface area contributed by atoms with Gasteiger partial charge in [0.2, 0.25) is 5.91 Å². The average Bonchev–Trinajstić information content (AvgIpc) is 3.37. The number of hydrogen-bond donors (Lipinski definition) is 0. The zero-order valence-corrected chi connectivity index (χ0v) is 18.6. The van der Waals surface area contributed by atoms with E-state index in [0.29, 0.717) is 24.6 Å². The molecule has 0 fully saturated rings. The fourth-order valence-electron chi connectivity index (χ4n) is 2.97. The predicted molar refractivity (Wildman–Crippen MR) is 120 cm³/mol. The van der Waals surface area contributed by atoms with Gasteiger partial charge in [0.05, 0.1) is 32.6 Å². The SMILES string of the molecule is COc1cc(/C=C/C(=O)N(Cc2ccco2)Cc2ccc(C)s2)ccc1OC(C)C. The van der Waals surface area contributed by atoms with Gasteiger partial charge < -0.3 is 18.8 Å². The highest BCUT2D eigenvalue weighted by Crippen LogP contribution is 2.29. The summed E-state index contributed by atoms with van der Waals surface area (Å²) in [5.41, 5.74) is 0.862. The molecule has 30 heavy (non-hydrogen) atoms. The number of ether oxygens (including phenoxy) is 2. The van der Waals surface area contributed by atoms with Crippen molar-refractivity contribution in [2.45, 2.75) is 40.0 Å². The molecule has 1 amide bonds. The highest BCUT2D eigenvalue weighted by molar-refractivity contribution is 7.11. The molecule has 6 heteroatoms. The molecule has 2 aromatic heterocycles. The van der Waals surface area contributed by atoms with Crippen molar-refractivity contribution in [2.24, 2.45) is 0 Å². The van der Waals surface area contributed by atoms with Crippen LogP contribution in [0.5, 0.6) is 11.5 Å². The lowest BCUT2D eigenvalue weighted by molar-refractivity contribution is -0.127. The van der Waals surface area contributed by atoms with E-state index < -0.39 is 0 Å². The van der Waals surface area contributed by atoms with E-state index in [0.717, 1.165) is 16.2 Å². The Labute approximate surface area is 181 Å². The number of thiophene rings is 1. The molecule has 0 bridgehead atoms. The molecule has 1 aromatic carbocycles. The van der Waals surface area contributed by atoms with Crippen molar-refractivity contribution in [3.63, 3.8) is 0 Å². The van der Waals surface area contributed by atoms with Crippen LogP contribution in [0.2, 0.25) is 0 Å². The third-order valence-electron chi connectivity index (χ3n) is 4.35. The van der Waals surface area contributed by atoms with Crippen LogP contribution in [0.1, 0.15) is 34.9 Å². The molecule has 0 atom stereocenters. The summed E-state index contributed by atoms with van der Waals surface area (Å²) >= 11 is 1.69. The topological polar surface area (TPSA) is 51.9 Å². The minimum absolute atomic E-state index is 0.0536. The smallest absolute Gasteiger partial charge is 0.247 e. The van der Waals surface area contributed by atoms with Gasteiger partial charge in [-0.05, 0) is 68.8 Å². The molecule has 2 heterocycles. The highest BCUT2D eigenvalue weighted by atomic mass is 32.1. The molecule has 0 radical (unpaired) electrons. The maximum Gasteiger partial charge on any atom is 0.247 e. The summed E-state index contributed by atoms with van der Waals surface area (Å²) in [5, 5.41) is 0. The lowest BCUT2D eigenvalue weighted by atomic mass is 10.2. The summed E-state index contributed by atoms with van der Waals surface area (Å²) in [6, 6.07) is 13.5. The van der Waals surface area contributed by atoms with Gasteiger partial charge in [-0.3, -0.25) is 4.79 Å². The molecule has 0 saturated carbocycles. The molecule has 0 unspecified atom stereocenters. The van der Waals surface area contributed by atoms with Crippen LogP contribution in [0.15, 0.2) is 59.2 Å². The van der Waals surface area contributed by atoms with Crippen molar-refractivity contribution in [3.8, 4) is 11.5 Å². The monoisotopic (exact) mass is 425 g/mol. The molecule has 0 N–H and O–H groups in total. The van der Waals surface area contributed by atoms with Crippen LogP contribution in [-0.2, 0) is 17.9 Å². The van der Waals surface area contributed by atoms with E-state index >= 15 is 0 Å². The highest BCUT2D eigenvalue weighted by Gasteiger charge is 2.15. The van der Waals surface area contributed by atoms with Crippen LogP contribution >= 0.6 is 11.3 Å². The number of hydrogen-bond acceptors (Lipinski definition) is 5. The maximum absolute atomic E-state index is 13.0. The third-order valence-corrected chi connectivity index (χ3v) is 5.34. The molecular weight excluding hydrogens is 398 g/mol. The van der Waals surface area contributed by atoms with E-state index in [9.17, 15) is 4.79 Å². The van der Waals surface area contributed by atoms with Crippen molar-refractivity contribution in [3.05, 3.63) is 75.9 Å². The number of amides is 1. The Morgan fingerprint density at radius 3 is 2.63 bits per heavy atom. The molecule has 0 aliphatic rings. The van der Waals surface area contributed by atoms with Crippen LogP contribution in [0.4, 0.5) is 0 Å². The van der Waals surface area contributed by atoms with Crippen molar-refractivity contribution >= 4 is 23.3 Å². The first kappa shape index (κ1) is 21.7. The molecule has 0 aliphatic carbocycles.